The molecule has 3 nitrogen and oxygen atoms in total. The summed E-state index contributed by atoms with van der Waals surface area (Å²) >= 11 is 37.2. The molecule has 0 spiro atoms. The Morgan fingerprint density at radius 1 is 0.966 bits per heavy atom. The Balaban J connectivity index is 1.85. The standard InChI is InChI=1S/C20H15Cl6NO2/c1-2-3-16(28)12-7-15(14(24)8-13(12)23)27-19(29)18-17(20(18,25)26)9-4-10(21)6-11(22)5-9/h4-8,17-18H,2-3H2,1H3,(H,27,29). The summed E-state index contributed by atoms with van der Waals surface area (Å²) in [5.74, 6) is -1.81. The fraction of sp³-hybridized carbons (Fsp3) is 0.300. The van der Waals surface area contributed by atoms with Crippen molar-refractivity contribution in [1.29, 1.82) is 0 Å². The van der Waals surface area contributed by atoms with Gasteiger partial charge in [0.2, 0.25) is 5.91 Å². The lowest BCUT2D eigenvalue weighted by molar-refractivity contribution is -0.117. The number of Topliss-reactive ketones (excluding diaryl/α,β-unsaturated/α-hetero) is 1. The number of ketones is 1. The molecule has 2 unspecified atom stereocenters. The predicted molar refractivity (Wildman–Crippen MR) is 121 cm³/mol. The van der Waals surface area contributed by atoms with E-state index >= 15 is 0 Å². The van der Waals surface area contributed by atoms with Crippen molar-refractivity contribution < 1.29 is 9.59 Å². The molecule has 2 atom stereocenters. The van der Waals surface area contributed by atoms with E-state index < -0.39 is 22.1 Å². The van der Waals surface area contributed by atoms with Crippen LogP contribution in [0.1, 0.15) is 41.6 Å². The quantitative estimate of drug-likeness (QED) is 0.316. The molecule has 0 aliphatic heterocycles. The van der Waals surface area contributed by atoms with Crippen LogP contribution in [0.4, 0.5) is 5.69 Å². The van der Waals surface area contributed by atoms with Crippen molar-refractivity contribution >= 4 is 87.0 Å². The number of benzene rings is 2. The molecule has 1 N–H and O–H groups in total. The topological polar surface area (TPSA) is 46.2 Å². The fourth-order valence-electron chi connectivity index (χ4n) is 3.25. The summed E-state index contributed by atoms with van der Waals surface area (Å²) in [6.07, 6.45) is 1.01. The highest BCUT2D eigenvalue weighted by Gasteiger charge is 2.67. The van der Waals surface area contributed by atoms with Gasteiger partial charge in [0.15, 0.2) is 5.78 Å². The Kier molecular flexibility index (Phi) is 6.99. The third kappa shape index (κ3) is 4.81. The Labute approximate surface area is 198 Å². The van der Waals surface area contributed by atoms with Crippen LogP contribution in [0.5, 0.6) is 0 Å². The average molecular weight is 514 g/mol. The second-order valence-corrected chi connectivity index (χ2v) is 9.94. The molecule has 1 aliphatic rings. The lowest BCUT2D eigenvalue weighted by Gasteiger charge is -2.11. The van der Waals surface area contributed by atoms with Crippen LogP contribution in [-0.4, -0.2) is 16.0 Å². The molecule has 0 bridgehead atoms. The third-order valence-corrected chi connectivity index (χ3v) is 6.67. The van der Waals surface area contributed by atoms with Gasteiger partial charge in [0.05, 0.1) is 21.7 Å². The number of carbonyl (C=O) groups excluding carboxylic acids is 2. The molecule has 0 heterocycles. The van der Waals surface area contributed by atoms with Crippen LogP contribution in [0, 0.1) is 5.92 Å². The first-order chi connectivity index (χ1) is 13.6. The molecule has 1 amide bonds. The van der Waals surface area contributed by atoms with E-state index in [1.165, 1.54) is 12.1 Å². The number of halogens is 6. The van der Waals surface area contributed by atoms with Gasteiger partial charge in [-0.05, 0) is 42.3 Å². The molecule has 0 aromatic heterocycles. The summed E-state index contributed by atoms with van der Waals surface area (Å²) in [5.41, 5.74) is 1.22. The van der Waals surface area contributed by atoms with Crippen molar-refractivity contribution in [1.82, 2.24) is 0 Å². The van der Waals surface area contributed by atoms with Crippen LogP contribution in [0.3, 0.4) is 0 Å². The average Bonchev–Trinajstić information content (AvgIpc) is 3.19. The molecule has 0 radical (unpaired) electrons. The van der Waals surface area contributed by atoms with Crippen molar-refractivity contribution in [3.63, 3.8) is 0 Å². The fourth-order valence-corrected chi connectivity index (χ4v) is 5.16. The van der Waals surface area contributed by atoms with Crippen LogP contribution in [0.15, 0.2) is 30.3 Å². The maximum atomic E-state index is 12.9. The van der Waals surface area contributed by atoms with E-state index in [9.17, 15) is 9.59 Å². The van der Waals surface area contributed by atoms with Crippen molar-refractivity contribution in [2.24, 2.45) is 5.92 Å². The Morgan fingerprint density at radius 3 is 2.17 bits per heavy atom. The van der Waals surface area contributed by atoms with Crippen LogP contribution < -0.4 is 5.32 Å². The Bertz CT molecular complexity index is 971. The summed E-state index contributed by atoms with van der Waals surface area (Å²) in [4.78, 5) is 25.1. The normalized spacial score (nSPS) is 19.7. The summed E-state index contributed by atoms with van der Waals surface area (Å²) in [6.45, 7) is 1.89. The zero-order valence-corrected chi connectivity index (χ0v) is 19.6. The van der Waals surface area contributed by atoms with E-state index in [1.54, 1.807) is 18.2 Å². The minimum Gasteiger partial charge on any atom is -0.324 e. The van der Waals surface area contributed by atoms with Crippen LogP contribution >= 0.6 is 69.6 Å². The van der Waals surface area contributed by atoms with Gasteiger partial charge in [-0.1, -0.05) is 53.3 Å². The largest absolute Gasteiger partial charge is 0.324 e. The number of hydrogen-bond donors (Lipinski definition) is 1. The second kappa shape index (κ2) is 8.82. The molecule has 2 aromatic carbocycles. The van der Waals surface area contributed by atoms with E-state index in [1.807, 2.05) is 6.92 Å². The summed E-state index contributed by atoms with van der Waals surface area (Å²) in [6, 6.07) is 7.82. The number of rotatable bonds is 6. The number of hydrogen-bond acceptors (Lipinski definition) is 2. The third-order valence-electron chi connectivity index (χ3n) is 4.67. The van der Waals surface area contributed by atoms with E-state index in [0.717, 1.165) is 0 Å². The minimum atomic E-state index is -1.32. The number of nitrogens with one attached hydrogen (secondary N) is 1. The highest BCUT2D eigenvalue weighted by molar-refractivity contribution is 6.53. The Hall–Kier alpha value is -0.680. The molecule has 0 saturated heterocycles. The van der Waals surface area contributed by atoms with Crippen molar-refractivity contribution in [3.05, 3.63) is 61.5 Å². The highest BCUT2D eigenvalue weighted by atomic mass is 35.5. The first-order valence-electron chi connectivity index (χ1n) is 8.73. The van der Waals surface area contributed by atoms with Gasteiger partial charge in [0, 0.05) is 27.9 Å². The number of anilines is 1. The van der Waals surface area contributed by atoms with Crippen molar-refractivity contribution in [3.8, 4) is 0 Å². The molecule has 2 aromatic rings. The van der Waals surface area contributed by atoms with E-state index in [0.29, 0.717) is 34.0 Å². The maximum absolute atomic E-state index is 12.9. The van der Waals surface area contributed by atoms with Gasteiger partial charge in [-0.25, -0.2) is 0 Å². The first-order valence-corrected chi connectivity index (χ1v) is 11.0. The lowest BCUT2D eigenvalue weighted by atomic mass is 10.1. The first kappa shape index (κ1) is 23.0. The van der Waals surface area contributed by atoms with Crippen LogP contribution in [0.25, 0.3) is 0 Å². The molecule has 29 heavy (non-hydrogen) atoms. The van der Waals surface area contributed by atoms with Gasteiger partial charge in [0.25, 0.3) is 0 Å². The van der Waals surface area contributed by atoms with E-state index in [4.69, 9.17) is 69.6 Å². The van der Waals surface area contributed by atoms with Gasteiger partial charge in [-0.2, -0.15) is 0 Å². The zero-order valence-electron chi connectivity index (χ0n) is 15.0. The summed E-state index contributed by atoms with van der Waals surface area (Å²) < 4.78 is -1.32. The zero-order chi connectivity index (χ0) is 21.5. The minimum absolute atomic E-state index is 0.133. The number of carbonyl (C=O) groups is 2. The van der Waals surface area contributed by atoms with Gasteiger partial charge in [-0.15, -0.1) is 23.2 Å². The Morgan fingerprint density at radius 2 is 1.59 bits per heavy atom. The monoisotopic (exact) mass is 511 g/mol. The summed E-state index contributed by atoms with van der Waals surface area (Å²) in [5, 5.41) is 3.98. The van der Waals surface area contributed by atoms with E-state index in [-0.39, 0.29) is 21.5 Å². The SMILES string of the molecule is CCCC(=O)c1cc(NC(=O)C2C(c3cc(Cl)cc(Cl)c3)C2(Cl)Cl)c(Cl)cc1Cl. The van der Waals surface area contributed by atoms with E-state index in [2.05, 4.69) is 5.32 Å². The maximum Gasteiger partial charge on any atom is 0.231 e. The highest BCUT2D eigenvalue weighted by Crippen LogP contribution is 2.65. The lowest BCUT2D eigenvalue weighted by Crippen LogP contribution is -2.18. The van der Waals surface area contributed by atoms with Crippen molar-refractivity contribution in [2.75, 3.05) is 5.32 Å². The molecule has 154 valence electrons. The van der Waals surface area contributed by atoms with Crippen molar-refractivity contribution in [2.45, 2.75) is 30.0 Å². The van der Waals surface area contributed by atoms with Crippen LogP contribution in [-0.2, 0) is 4.79 Å². The molecular formula is C20H15Cl6NO2. The molecule has 1 saturated carbocycles. The molecule has 9 heteroatoms. The number of amides is 1. The molecule has 1 aliphatic carbocycles. The molecule has 3 rings (SSSR count). The smallest absolute Gasteiger partial charge is 0.231 e. The van der Waals surface area contributed by atoms with Crippen LogP contribution in [0.2, 0.25) is 20.1 Å². The van der Waals surface area contributed by atoms with Gasteiger partial charge in [0.1, 0.15) is 4.33 Å². The number of alkyl halides is 2. The summed E-state index contributed by atoms with van der Waals surface area (Å²) in [7, 11) is 0. The predicted octanol–water partition coefficient (Wildman–Crippen LogP) is 7.81. The van der Waals surface area contributed by atoms with Gasteiger partial charge >= 0.3 is 0 Å². The molecule has 1 fully saturated rings. The molecular weight excluding hydrogens is 499 g/mol. The van der Waals surface area contributed by atoms with Gasteiger partial charge < -0.3 is 5.32 Å². The second-order valence-electron chi connectivity index (χ2n) is 6.81. The van der Waals surface area contributed by atoms with Gasteiger partial charge in [-0.3, -0.25) is 9.59 Å².